The zero-order valence-corrected chi connectivity index (χ0v) is 7.74. The molecule has 7 heteroatoms. The first-order valence-electron chi connectivity index (χ1n) is 3.21. The normalized spacial score (nSPS) is 9.62. The zero-order chi connectivity index (χ0) is 10.3. The van der Waals surface area contributed by atoms with Crippen LogP contribution < -0.4 is 0 Å². The van der Waals surface area contributed by atoms with Gasteiger partial charge in [-0.15, -0.1) is 0 Å². The number of nitrogens with one attached hydrogen (secondary N) is 1. The molecule has 0 saturated carbocycles. The number of aromatic nitrogens is 2. The van der Waals surface area contributed by atoms with E-state index in [9.17, 15) is 8.42 Å². The molecule has 2 N–H and O–H groups in total. The SMILES string of the molecule is CS(=O)(=O)O.N#CCc1ncc[nH]1. The second-order valence-corrected chi connectivity index (χ2v) is 3.57. The molecule has 0 saturated heterocycles. The molecule has 0 atom stereocenters. The Morgan fingerprint density at radius 1 is 1.77 bits per heavy atom. The molecule has 0 aliphatic rings. The van der Waals surface area contributed by atoms with Crippen LogP contribution in [0.4, 0.5) is 0 Å². The third kappa shape index (κ3) is 10.6. The third-order valence-corrected chi connectivity index (χ3v) is 0.801. The Bertz CT molecular complexity index is 354. The average Bonchev–Trinajstić information content (AvgIpc) is 2.36. The maximum absolute atomic E-state index is 9.19. The molecule has 13 heavy (non-hydrogen) atoms. The largest absolute Gasteiger partial charge is 0.348 e. The van der Waals surface area contributed by atoms with Gasteiger partial charge < -0.3 is 4.98 Å². The lowest BCUT2D eigenvalue weighted by molar-refractivity contribution is 0.490. The Hall–Kier alpha value is -1.39. The monoisotopic (exact) mass is 203 g/mol. The smallest absolute Gasteiger partial charge is 0.261 e. The molecular weight excluding hydrogens is 194 g/mol. The van der Waals surface area contributed by atoms with E-state index in [2.05, 4.69) is 9.97 Å². The Balaban J connectivity index is 0.000000252. The topological polar surface area (TPSA) is 107 Å². The van der Waals surface area contributed by atoms with Crippen molar-refractivity contribution >= 4 is 10.1 Å². The first kappa shape index (κ1) is 11.6. The zero-order valence-electron chi connectivity index (χ0n) is 6.93. The molecule has 0 amide bonds. The lowest BCUT2D eigenvalue weighted by atomic mass is 10.5. The van der Waals surface area contributed by atoms with Crippen LogP contribution in [0, 0.1) is 11.3 Å². The van der Waals surface area contributed by atoms with E-state index in [4.69, 9.17) is 9.81 Å². The molecule has 0 aliphatic carbocycles. The molecule has 0 radical (unpaired) electrons. The number of aromatic amines is 1. The number of nitrogens with zero attached hydrogens (tertiary/aromatic N) is 2. The summed E-state index contributed by atoms with van der Waals surface area (Å²) < 4.78 is 25.9. The minimum atomic E-state index is -3.67. The summed E-state index contributed by atoms with van der Waals surface area (Å²) in [6.07, 6.45) is 4.42. The molecule has 0 aromatic carbocycles. The lowest BCUT2D eigenvalue weighted by Crippen LogP contribution is -1.88. The Kier molecular flexibility index (Phi) is 4.72. The summed E-state index contributed by atoms with van der Waals surface area (Å²) in [7, 11) is -3.67. The molecule has 1 heterocycles. The molecule has 1 aromatic heterocycles. The van der Waals surface area contributed by atoms with Crippen molar-refractivity contribution in [3.05, 3.63) is 18.2 Å². The number of nitriles is 1. The van der Waals surface area contributed by atoms with Gasteiger partial charge in [-0.05, 0) is 0 Å². The van der Waals surface area contributed by atoms with Crippen molar-refractivity contribution in [1.29, 1.82) is 5.26 Å². The molecule has 72 valence electrons. The van der Waals surface area contributed by atoms with Crippen LogP contribution in [0.1, 0.15) is 5.82 Å². The minimum absolute atomic E-state index is 0.368. The van der Waals surface area contributed by atoms with E-state index in [0.717, 1.165) is 5.82 Å². The number of H-pyrrole nitrogens is 1. The standard InChI is InChI=1S/C5H5N3.CH4O3S/c6-2-1-5-7-3-4-8-5;1-5(2,3)4/h3-4H,1H2,(H,7,8);1H3,(H,2,3,4). The van der Waals surface area contributed by atoms with Crippen LogP contribution in [0.5, 0.6) is 0 Å². The van der Waals surface area contributed by atoms with Crippen molar-refractivity contribution in [2.75, 3.05) is 6.26 Å². The highest BCUT2D eigenvalue weighted by Crippen LogP contribution is 1.85. The number of imidazole rings is 1. The van der Waals surface area contributed by atoms with Crippen molar-refractivity contribution in [3.63, 3.8) is 0 Å². The van der Waals surface area contributed by atoms with E-state index >= 15 is 0 Å². The van der Waals surface area contributed by atoms with E-state index in [0.29, 0.717) is 12.7 Å². The quantitative estimate of drug-likeness (QED) is 0.624. The Morgan fingerprint density at radius 3 is 2.62 bits per heavy atom. The van der Waals surface area contributed by atoms with Gasteiger partial charge >= 0.3 is 0 Å². The summed E-state index contributed by atoms with van der Waals surface area (Å²) >= 11 is 0. The van der Waals surface area contributed by atoms with Gasteiger partial charge in [0, 0.05) is 12.4 Å². The highest BCUT2D eigenvalue weighted by molar-refractivity contribution is 7.85. The van der Waals surface area contributed by atoms with Crippen LogP contribution in [-0.4, -0.2) is 29.2 Å². The fourth-order valence-corrected chi connectivity index (χ4v) is 0.470. The fraction of sp³-hybridized carbons (Fsp3) is 0.333. The first-order valence-corrected chi connectivity index (χ1v) is 5.06. The number of hydrogen-bond donors (Lipinski definition) is 2. The van der Waals surface area contributed by atoms with Crippen molar-refractivity contribution in [1.82, 2.24) is 9.97 Å². The van der Waals surface area contributed by atoms with Crippen LogP contribution in [-0.2, 0) is 16.5 Å². The average molecular weight is 203 g/mol. The number of rotatable bonds is 1. The molecular formula is C6H9N3O3S. The summed E-state index contributed by atoms with van der Waals surface area (Å²) in [5.41, 5.74) is 0. The highest BCUT2D eigenvalue weighted by atomic mass is 32.2. The maximum Gasteiger partial charge on any atom is 0.261 e. The molecule has 0 fully saturated rings. The van der Waals surface area contributed by atoms with Crippen LogP contribution >= 0.6 is 0 Å². The van der Waals surface area contributed by atoms with Crippen molar-refractivity contribution in [3.8, 4) is 6.07 Å². The Labute approximate surface area is 76.0 Å². The van der Waals surface area contributed by atoms with Crippen molar-refractivity contribution < 1.29 is 13.0 Å². The maximum atomic E-state index is 9.19. The predicted molar refractivity (Wildman–Crippen MR) is 45.4 cm³/mol. The van der Waals surface area contributed by atoms with Crippen LogP contribution in [0.15, 0.2) is 12.4 Å². The molecule has 1 rings (SSSR count). The van der Waals surface area contributed by atoms with Crippen LogP contribution in [0.25, 0.3) is 0 Å². The summed E-state index contributed by atoms with van der Waals surface area (Å²) in [6, 6.07) is 1.98. The first-order chi connectivity index (χ1) is 5.93. The van der Waals surface area contributed by atoms with Gasteiger partial charge in [0.05, 0.1) is 18.7 Å². The second kappa shape index (κ2) is 5.29. The van der Waals surface area contributed by atoms with E-state index in [1.807, 2.05) is 6.07 Å². The highest BCUT2D eigenvalue weighted by Gasteiger charge is 1.87. The van der Waals surface area contributed by atoms with Gasteiger partial charge in [-0.1, -0.05) is 0 Å². The van der Waals surface area contributed by atoms with Gasteiger partial charge in [-0.3, -0.25) is 4.55 Å². The summed E-state index contributed by atoms with van der Waals surface area (Å²) in [5.74, 6) is 0.729. The van der Waals surface area contributed by atoms with Gasteiger partial charge in [0.25, 0.3) is 10.1 Å². The summed E-state index contributed by atoms with van der Waals surface area (Å²) in [4.78, 5) is 6.63. The number of hydrogen-bond acceptors (Lipinski definition) is 4. The van der Waals surface area contributed by atoms with Gasteiger partial charge in [-0.25, -0.2) is 4.98 Å². The van der Waals surface area contributed by atoms with Crippen molar-refractivity contribution in [2.45, 2.75) is 6.42 Å². The molecule has 0 spiro atoms. The lowest BCUT2D eigenvalue weighted by Gasteiger charge is -1.77. The van der Waals surface area contributed by atoms with E-state index in [1.54, 1.807) is 12.4 Å². The van der Waals surface area contributed by atoms with Gasteiger partial charge in [0.15, 0.2) is 0 Å². The third-order valence-electron chi connectivity index (χ3n) is 0.801. The molecule has 0 bridgehead atoms. The van der Waals surface area contributed by atoms with E-state index < -0.39 is 10.1 Å². The van der Waals surface area contributed by atoms with E-state index in [1.165, 1.54) is 0 Å². The fourth-order valence-electron chi connectivity index (χ4n) is 0.470. The molecule has 0 aliphatic heterocycles. The molecule has 0 unspecified atom stereocenters. The Morgan fingerprint density at radius 2 is 2.31 bits per heavy atom. The molecule has 1 aromatic rings. The van der Waals surface area contributed by atoms with E-state index in [-0.39, 0.29) is 0 Å². The summed E-state index contributed by atoms with van der Waals surface area (Å²) in [6.45, 7) is 0. The van der Waals surface area contributed by atoms with Crippen LogP contribution in [0.3, 0.4) is 0 Å². The van der Waals surface area contributed by atoms with Gasteiger partial charge in [0.2, 0.25) is 0 Å². The minimum Gasteiger partial charge on any atom is -0.348 e. The van der Waals surface area contributed by atoms with Gasteiger partial charge in [0.1, 0.15) is 5.82 Å². The van der Waals surface area contributed by atoms with Gasteiger partial charge in [-0.2, -0.15) is 13.7 Å². The molecule has 6 nitrogen and oxygen atoms in total. The van der Waals surface area contributed by atoms with Crippen LogP contribution in [0.2, 0.25) is 0 Å². The van der Waals surface area contributed by atoms with Crippen molar-refractivity contribution in [2.24, 2.45) is 0 Å². The second-order valence-electron chi connectivity index (χ2n) is 2.10. The predicted octanol–water partition coefficient (Wildman–Crippen LogP) is -0.0202. The summed E-state index contributed by atoms with van der Waals surface area (Å²) in [5, 5.41) is 8.13.